The third-order valence-corrected chi connectivity index (χ3v) is 1.68. The zero-order valence-corrected chi connectivity index (χ0v) is 6.92. The lowest BCUT2D eigenvalue weighted by Crippen LogP contribution is -2.02. The third-order valence-electron chi connectivity index (χ3n) is 1.68. The number of nitrogens with zero attached hydrogens (tertiary/aromatic N) is 1. The van der Waals surface area contributed by atoms with Gasteiger partial charge in [0, 0.05) is 6.07 Å². The normalized spacial score (nSPS) is 13.0. The molecule has 0 unspecified atom stereocenters. The molecule has 3 heteroatoms. The number of carbonyl (C=O) groups is 1. The van der Waals surface area contributed by atoms with Gasteiger partial charge in [0.1, 0.15) is 11.5 Å². The van der Waals surface area contributed by atoms with Crippen molar-refractivity contribution >= 4 is 5.78 Å². The van der Waals surface area contributed by atoms with E-state index in [1.807, 2.05) is 13.8 Å². The molecule has 0 aliphatic heterocycles. The quantitative estimate of drug-likeness (QED) is 0.649. The number of hydrogen-bond donors (Lipinski definition) is 0. The number of carbonyl (C=O) groups excluding carboxylic acids is 1. The molecule has 0 saturated heterocycles. The largest absolute Gasteiger partial charge is 0.360 e. The Kier molecular flexibility index (Phi) is 2.08. The van der Waals surface area contributed by atoms with Gasteiger partial charge in [-0.1, -0.05) is 5.16 Å². The number of aryl methyl sites for hydroxylation is 1. The van der Waals surface area contributed by atoms with Gasteiger partial charge in [-0.05, 0) is 20.8 Å². The van der Waals surface area contributed by atoms with E-state index >= 15 is 0 Å². The van der Waals surface area contributed by atoms with Crippen LogP contribution in [0, 0.1) is 6.92 Å². The zero-order chi connectivity index (χ0) is 8.43. The summed E-state index contributed by atoms with van der Waals surface area (Å²) in [6.07, 6.45) is 0. The number of hydrogen-bond acceptors (Lipinski definition) is 3. The number of Topliss-reactive ketones (excluding diaryl/α,β-unsaturated/α-hetero) is 1. The van der Waals surface area contributed by atoms with Gasteiger partial charge in [0.15, 0.2) is 0 Å². The lowest BCUT2D eigenvalue weighted by Gasteiger charge is -1.99. The number of aromatic nitrogens is 1. The fourth-order valence-corrected chi connectivity index (χ4v) is 0.788. The summed E-state index contributed by atoms with van der Waals surface area (Å²) < 4.78 is 4.92. The van der Waals surface area contributed by atoms with Gasteiger partial charge in [0.2, 0.25) is 0 Å². The minimum atomic E-state index is -0.170. The van der Waals surface area contributed by atoms with E-state index in [1.165, 1.54) is 0 Å². The van der Waals surface area contributed by atoms with Crippen molar-refractivity contribution in [2.75, 3.05) is 0 Å². The van der Waals surface area contributed by atoms with Gasteiger partial charge in [-0.25, -0.2) is 0 Å². The molecular formula is C8H11NO2. The molecule has 60 valence electrons. The van der Waals surface area contributed by atoms with Crippen LogP contribution >= 0.6 is 0 Å². The van der Waals surface area contributed by atoms with Crippen LogP contribution in [0.4, 0.5) is 0 Å². The number of rotatable bonds is 2. The molecular weight excluding hydrogens is 142 g/mol. The Morgan fingerprint density at radius 3 is 2.73 bits per heavy atom. The maximum atomic E-state index is 10.9. The zero-order valence-electron chi connectivity index (χ0n) is 6.92. The van der Waals surface area contributed by atoms with Gasteiger partial charge < -0.3 is 4.52 Å². The molecule has 0 N–H and O–H groups in total. The Morgan fingerprint density at radius 1 is 1.73 bits per heavy atom. The molecule has 0 amide bonds. The lowest BCUT2D eigenvalue weighted by molar-refractivity contribution is -0.118. The molecule has 1 rings (SSSR count). The lowest BCUT2D eigenvalue weighted by atomic mass is 10.1. The predicted octanol–water partition coefficient (Wildman–Crippen LogP) is 1.68. The fraction of sp³-hybridized carbons (Fsp3) is 0.500. The average molecular weight is 153 g/mol. The Hall–Kier alpha value is -1.12. The standard InChI is InChI=1S/C8H11NO2/c1-5-4-8(11-9-5)6(2)7(3)10/h4,6H,1-3H3/t6-/m0/s1. The van der Waals surface area contributed by atoms with Crippen LogP contribution in [0.2, 0.25) is 0 Å². The summed E-state index contributed by atoms with van der Waals surface area (Å²) in [5.74, 6) is 0.576. The highest BCUT2D eigenvalue weighted by Gasteiger charge is 2.14. The summed E-state index contributed by atoms with van der Waals surface area (Å²) in [7, 11) is 0. The minimum absolute atomic E-state index is 0.0983. The first-order valence-electron chi connectivity index (χ1n) is 3.55. The first-order chi connectivity index (χ1) is 5.11. The molecule has 0 saturated carbocycles. The van der Waals surface area contributed by atoms with Crippen LogP contribution in [-0.2, 0) is 4.79 Å². The molecule has 3 nitrogen and oxygen atoms in total. The van der Waals surface area contributed by atoms with Crippen molar-refractivity contribution in [2.45, 2.75) is 26.7 Å². The van der Waals surface area contributed by atoms with Crippen LogP contribution in [0.25, 0.3) is 0 Å². The van der Waals surface area contributed by atoms with Gasteiger partial charge in [0.05, 0.1) is 11.6 Å². The van der Waals surface area contributed by atoms with Crippen molar-refractivity contribution in [1.29, 1.82) is 0 Å². The summed E-state index contributed by atoms with van der Waals surface area (Å²) in [5.41, 5.74) is 0.813. The Labute approximate surface area is 65.4 Å². The molecule has 0 aliphatic rings. The van der Waals surface area contributed by atoms with Crippen LogP contribution in [0.3, 0.4) is 0 Å². The first kappa shape index (κ1) is 7.98. The van der Waals surface area contributed by atoms with E-state index in [4.69, 9.17) is 4.52 Å². The molecule has 0 spiro atoms. The summed E-state index contributed by atoms with van der Waals surface area (Å²) >= 11 is 0. The van der Waals surface area contributed by atoms with Gasteiger partial charge in [0.25, 0.3) is 0 Å². The minimum Gasteiger partial charge on any atom is -0.360 e. The Bertz CT molecular complexity index is 265. The van der Waals surface area contributed by atoms with E-state index < -0.39 is 0 Å². The Balaban J connectivity index is 2.84. The summed E-state index contributed by atoms with van der Waals surface area (Å²) in [6.45, 7) is 5.19. The van der Waals surface area contributed by atoms with Crippen molar-refractivity contribution in [2.24, 2.45) is 0 Å². The van der Waals surface area contributed by atoms with Crippen molar-refractivity contribution in [1.82, 2.24) is 5.16 Å². The van der Waals surface area contributed by atoms with Crippen LogP contribution < -0.4 is 0 Å². The monoisotopic (exact) mass is 153 g/mol. The summed E-state index contributed by atoms with van der Waals surface area (Å²) in [4.78, 5) is 10.9. The smallest absolute Gasteiger partial charge is 0.147 e. The number of ketones is 1. The van der Waals surface area contributed by atoms with E-state index in [9.17, 15) is 4.79 Å². The van der Waals surface area contributed by atoms with Gasteiger partial charge >= 0.3 is 0 Å². The SMILES string of the molecule is CC(=O)[C@H](C)c1cc(C)no1. The Morgan fingerprint density at radius 2 is 2.36 bits per heavy atom. The molecule has 11 heavy (non-hydrogen) atoms. The van der Waals surface area contributed by atoms with Crippen LogP contribution in [0.15, 0.2) is 10.6 Å². The predicted molar refractivity (Wildman–Crippen MR) is 40.3 cm³/mol. The highest BCUT2D eigenvalue weighted by Crippen LogP contribution is 2.16. The van der Waals surface area contributed by atoms with Gasteiger partial charge in [-0.2, -0.15) is 0 Å². The highest BCUT2D eigenvalue weighted by molar-refractivity contribution is 5.82. The van der Waals surface area contributed by atoms with E-state index in [0.29, 0.717) is 5.76 Å². The molecule has 1 aromatic rings. The van der Waals surface area contributed by atoms with Crippen LogP contribution in [0.1, 0.15) is 31.2 Å². The van der Waals surface area contributed by atoms with E-state index in [2.05, 4.69) is 5.16 Å². The second kappa shape index (κ2) is 2.86. The molecule has 1 atom stereocenters. The fourth-order valence-electron chi connectivity index (χ4n) is 0.788. The topological polar surface area (TPSA) is 43.1 Å². The molecule has 1 heterocycles. The summed E-state index contributed by atoms with van der Waals surface area (Å²) in [5, 5.41) is 3.69. The molecule has 0 bridgehead atoms. The highest BCUT2D eigenvalue weighted by atomic mass is 16.5. The molecule has 0 aliphatic carbocycles. The van der Waals surface area contributed by atoms with Crippen LogP contribution in [0.5, 0.6) is 0 Å². The van der Waals surface area contributed by atoms with Crippen molar-refractivity contribution in [3.05, 3.63) is 17.5 Å². The third kappa shape index (κ3) is 1.67. The average Bonchev–Trinajstić information content (AvgIpc) is 2.34. The van der Waals surface area contributed by atoms with Crippen molar-refractivity contribution in [3.8, 4) is 0 Å². The maximum absolute atomic E-state index is 10.9. The molecule has 0 fully saturated rings. The van der Waals surface area contributed by atoms with Crippen molar-refractivity contribution < 1.29 is 9.32 Å². The summed E-state index contributed by atoms with van der Waals surface area (Å²) in [6, 6.07) is 1.78. The van der Waals surface area contributed by atoms with Crippen LogP contribution in [-0.4, -0.2) is 10.9 Å². The van der Waals surface area contributed by atoms with E-state index in [1.54, 1.807) is 13.0 Å². The first-order valence-corrected chi connectivity index (χ1v) is 3.55. The van der Waals surface area contributed by atoms with Crippen molar-refractivity contribution in [3.63, 3.8) is 0 Å². The van der Waals surface area contributed by atoms with E-state index in [0.717, 1.165) is 5.69 Å². The second-order valence-electron chi connectivity index (χ2n) is 2.70. The van der Waals surface area contributed by atoms with E-state index in [-0.39, 0.29) is 11.7 Å². The molecule has 1 aromatic heterocycles. The second-order valence-corrected chi connectivity index (χ2v) is 2.70. The van der Waals surface area contributed by atoms with Gasteiger partial charge in [-0.15, -0.1) is 0 Å². The molecule has 0 radical (unpaired) electrons. The molecule has 0 aromatic carbocycles. The van der Waals surface area contributed by atoms with Gasteiger partial charge in [-0.3, -0.25) is 4.79 Å². The maximum Gasteiger partial charge on any atom is 0.147 e.